The summed E-state index contributed by atoms with van der Waals surface area (Å²) in [4.78, 5) is 15.2. The van der Waals surface area contributed by atoms with Crippen LogP contribution in [0.4, 0.5) is 5.69 Å². The number of carbonyl (C=O) groups is 1. The average molecular weight is 308 g/mol. The number of rotatable bonds is 3. The van der Waals surface area contributed by atoms with E-state index < -0.39 is 5.91 Å². The zero-order valence-corrected chi connectivity index (χ0v) is 10.8. The van der Waals surface area contributed by atoms with Gasteiger partial charge in [-0.1, -0.05) is 6.07 Å². The van der Waals surface area contributed by atoms with Crippen LogP contribution >= 0.6 is 15.9 Å². The Balaban J connectivity index is 2.40. The van der Waals surface area contributed by atoms with E-state index in [-0.39, 0.29) is 11.4 Å². The van der Waals surface area contributed by atoms with Crippen molar-refractivity contribution < 1.29 is 9.53 Å². The second-order valence-electron chi connectivity index (χ2n) is 3.48. The minimum atomic E-state index is -0.599. The first-order chi connectivity index (χ1) is 8.59. The number of ether oxygens (including phenoxy) is 1. The van der Waals surface area contributed by atoms with E-state index in [1.807, 2.05) is 0 Å². The first-order valence-corrected chi connectivity index (χ1v) is 5.85. The highest BCUT2D eigenvalue weighted by atomic mass is 79.9. The van der Waals surface area contributed by atoms with Crippen LogP contribution in [-0.2, 0) is 0 Å². The number of nitrogens with two attached hydrogens (primary N) is 2. The van der Waals surface area contributed by atoms with Gasteiger partial charge in [-0.3, -0.25) is 4.79 Å². The topological polar surface area (TPSA) is 91.2 Å². The molecule has 0 unspecified atom stereocenters. The number of aromatic nitrogens is 1. The third kappa shape index (κ3) is 2.43. The third-order valence-corrected chi connectivity index (χ3v) is 3.09. The van der Waals surface area contributed by atoms with Gasteiger partial charge in [0.15, 0.2) is 0 Å². The van der Waals surface area contributed by atoms with Crippen molar-refractivity contribution in [1.29, 1.82) is 0 Å². The molecule has 0 saturated heterocycles. The summed E-state index contributed by atoms with van der Waals surface area (Å²) in [5.41, 5.74) is 11.7. The van der Waals surface area contributed by atoms with Gasteiger partial charge in [0.2, 0.25) is 5.88 Å². The number of nitrogen functional groups attached to an aromatic ring is 1. The van der Waals surface area contributed by atoms with Crippen LogP contribution in [0.25, 0.3) is 0 Å². The second-order valence-corrected chi connectivity index (χ2v) is 4.27. The van der Waals surface area contributed by atoms with Gasteiger partial charge >= 0.3 is 0 Å². The second kappa shape index (κ2) is 5.05. The summed E-state index contributed by atoms with van der Waals surface area (Å²) in [6.07, 6.45) is 1.52. The van der Waals surface area contributed by atoms with E-state index in [4.69, 9.17) is 16.2 Å². The van der Waals surface area contributed by atoms with Crippen molar-refractivity contribution in [3.63, 3.8) is 0 Å². The fraction of sp³-hybridized carbons (Fsp3) is 0. The van der Waals surface area contributed by atoms with Crippen molar-refractivity contribution in [2.24, 2.45) is 5.73 Å². The molecule has 0 atom stereocenters. The fourth-order valence-electron chi connectivity index (χ4n) is 1.37. The minimum absolute atomic E-state index is 0.149. The SMILES string of the molecule is NC(=O)c1cccnc1Oc1cccc(N)c1Br. The molecule has 0 aliphatic carbocycles. The van der Waals surface area contributed by atoms with Gasteiger partial charge in [-0.05, 0) is 40.2 Å². The predicted octanol–water partition coefficient (Wildman–Crippen LogP) is 2.32. The molecule has 0 saturated carbocycles. The lowest BCUT2D eigenvalue weighted by molar-refractivity contribution is 0.0997. The van der Waals surface area contributed by atoms with Crippen molar-refractivity contribution in [3.8, 4) is 11.6 Å². The number of hydrogen-bond acceptors (Lipinski definition) is 4. The van der Waals surface area contributed by atoms with Crippen molar-refractivity contribution in [3.05, 3.63) is 46.6 Å². The highest BCUT2D eigenvalue weighted by Crippen LogP contribution is 2.33. The lowest BCUT2D eigenvalue weighted by Crippen LogP contribution is -2.12. The molecule has 1 heterocycles. The lowest BCUT2D eigenvalue weighted by atomic mass is 10.2. The Morgan fingerprint density at radius 1 is 1.28 bits per heavy atom. The number of nitrogens with zero attached hydrogens (tertiary/aromatic N) is 1. The van der Waals surface area contributed by atoms with Gasteiger partial charge in [-0.15, -0.1) is 0 Å². The van der Waals surface area contributed by atoms with Gasteiger partial charge in [0.05, 0.1) is 4.47 Å². The Labute approximate surface area is 112 Å². The number of hydrogen-bond donors (Lipinski definition) is 2. The highest BCUT2D eigenvalue weighted by molar-refractivity contribution is 9.10. The minimum Gasteiger partial charge on any atom is -0.437 e. The number of carbonyl (C=O) groups excluding carboxylic acids is 1. The first-order valence-electron chi connectivity index (χ1n) is 5.06. The molecule has 0 radical (unpaired) electrons. The van der Waals surface area contributed by atoms with Crippen LogP contribution in [0.15, 0.2) is 41.0 Å². The molecular formula is C12H10BrN3O2. The van der Waals surface area contributed by atoms with Gasteiger partial charge in [-0.25, -0.2) is 4.98 Å². The quantitative estimate of drug-likeness (QED) is 0.851. The molecule has 0 bridgehead atoms. The Morgan fingerprint density at radius 2 is 2.06 bits per heavy atom. The molecule has 0 fully saturated rings. The van der Waals surface area contributed by atoms with E-state index in [0.717, 1.165) is 0 Å². The summed E-state index contributed by atoms with van der Waals surface area (Å²) in [6, 6.07) is 8.33. The van der Waals surface area contributed by atoms with Crippen LogP contribution in [0.3, 0.4) is 0 Å². The number of anilines is 1. The van der Waals surface area contributed by atoms with Crippen LogP contribution < -0.4 is 16.2 Å². The van der Waals surface area contributed by atoms with E-state index in [1.54, 1.807) is 30.3 Å². The molecule has 0 spiro atoms. The molecule has 1 aromatic carbocycles. The normalized spacial score (nSPS) is 10.1. The zero-order chi connectivity index (χ0) is 13.1. The molecule has 0 aliphatic rings. The molecule has 1 aromatic heterocycles. The van der Waals surface area contributed by atoms with Crippen molar-refractivity contribution >= 4 is 27.5 Å². The molecular weight excluding hydrogens is 298 g/mol. The Kier molecular flexibility index (Phi) is 3.47. The smallest absolute Gasteiger partial charge is 0.254 e. The standard InChI is InChI=1S/C12H10BrN3O2/c13-10-8(14)4-1-5-9(10)18-12-7(11(15)17)3-2-6-16-12/h1-6H,14H2,(H2,15,17). The van der Waals surface area contributed by atoms with E-state index in [1.165, 1.54) is 6.20 Å². The molecule has 2 aromatic rings. The van der Waals surface area contributed by atoms with Gasteiger partial charge in [0.1, 0.15) is 11.3 Å². The maximum Gasteiger partial charge on any atom is 0.254 e. The summed E-state index contributed by atoms with van der Waals surface area (Å²) < 4.78 is 6.15. The van der Waals surface area contributed by atoms with Gasteiger partial charge < -0.3 is 16.2 Å². The molecule has 5 nitrogen and oxygen atoms in total. The van der Waals surface area contributed by atoms with E-state index in [9.17, 15) is 4.79 Å². The average Bonchev–Trinajstić information content (AvgIpc) is 2.35. The van der Waals surface area contributed by atoms with E-state index >= 15 is 0 Å². The Hall–Kier alpha value is -2.08. The first kappa shape index (κ1) is 12.4. The third-order valence-electron chi connectivity index (χ3n) is 2.24. The van der Waals surface area contributed by atoms with E-state index in [0.29, 0.717) is 15.9 Å². The summed E-state index contributed by atoms with van der Waals surface area (Å²) in [5.74, 6) is 0.0191. The van der Waals surface area contributed by atoms with Gasteiger partial charge in [0, 0.05) is 11.9 Å². The maximum absolute atomic E-state index is 11.2. The van der Waals surface area contributed by atoms with Crippen LogP contribution in [0.2, 0.25) is 0 Å². The van der Waals surface area contributed by atoms with Crippen LogP contribution in [0.1, 0.15) is 10.4 Å². The van der Waals surface area contributed by atoms with Crippen LogP contribution in [0.5, 0.6) is 11.6 Å². The van der Waals surface area contributed by atoms with Gasteiger partial charge in [-0.2, -0.15) is 0 Å². The summed E-state index contributed by atoms with van der Waals surface area (Å²) >= 11 is 3.31. The summed E-state index contributed by atoms with van der Waals surface area (Å²) in [7, 11) is 0. The molecule has 0 aliphatic heterocycles. The molecule has 1 amide bonds. The summed E-state index contributed by atoms with van der Waals surface area (Å²) in [5, 5.41) is 0. The molecule has 18 heavy (non-hydrogen) atoms. The maximum atomic E-state index is 11.2. The van der Waals surface area contributed by atoms with Crippen molar-refractivity contribution in [2.75, 3.05) is 5.73 Å². The predicted molar refractivity (Wildman–Crippen MR) is 71.4 cm³/mol. The van der Waals surface area contributed by atoms with Crippen molar-refractivity contribution in [2.45, 2.75) is 0 Å². The van der Waals surface area contributed by atoms with Gasteiger partial charge in [0.25, 0.3) is 5.91 Å². The Morgan fingerprint density at radius 3 is 2.78 bits per heavy atom. The molecule has 4 N–H and O–H groups in total. The monoisotopic (exact) mass is 307 g/mol. The van der Waals surface area contributed by atoms with Crippen LogP contribution in [-0.4, -0.2) is 10.9 Å². The van der Waals surface area contributed by atoms with E-state index in [2.05, 4.69) is 20.9 Å². The van der Waals surface area contributed by atoms with Crippen molar-refractivity contribution in [1.82, 2.24) is 4.98 Å². The number of primary amides is 1. The zero-order valence-electron chi connectivity index (χ0n) is 9.26. The number of halogens is 1. The number of amides is 1. The Bertz CT molecular complexity index is 602. The number of benzene rings is 1. The largest absolute Gasteiger partial charge is 0.437 e. The fourth-order valence-corrected chi connectivity index (χ4v) is 1.72. The summed E-state index contributed by atoms with van der Waals surface area (Å²) in [6.45, 7) is 0. The molecule has 2 rings (SSSR count). The van der Waals surface area contributed by atoms with Crippen LogP contribution in [0, 0.1) is 0 Å². The molecule has 6 heteroatoms. The molecule has 92 valence electrons. The highest BCUT2D eigenvalue weighted by Gasteiger charge is 2.13. The lowest BCUT2D eigenvalue weighted by Gasteiger charge is -2.10. The number of pyridine rings is 1.